The van der Waals surface area contributed by atoms with Crippen molar-refractivity contribution in [2.45, 2.75) is 154 Å². The number of hydrogen-bond acceptors (Lipinski definition) is 4. The van der Waals surface area contributed by atoms with Gasteiger partial charge in [0.1, 0.15) is 0 Å². The van der Waals surface area contributed by atoms with Crippen LogP contribution in [0.15, 0.2) is 0 Å². The third-order valence-corrected chi connectivity index (χ3v) is 7.29. The molecule has 1 N–H and O–H groups in total. The van der Waals surface area contributed by atoms with Crippen LogP contribution in [0.2, 0.25) is 0 Å². The zero-order valence-corrected chi connectivity index (χ0v) is 23.2. The van der Waals surface area contributed by atoms with Gasteiger partial charge in [0.05, 0.1) is 16.2 Å². The van der Waals surface area contributed by atoms with Crippen molar-refractivity contribution in [2.24, 2.45) is 0 Å². The first-order chi connectivity index (χ1) is 13.9. The van der Waals surface area contributed by atoms with Crippen LogP contribution >= 0.6 is 0 Å². The largest absolute Gasteiger partial charge is 1.00 e. The molecule has 0 aromatic rings. The van der Waals surface area contributed by atoms with Crippen molar-refractivity contribution >= 4 is 10.1 Å². The van der Waals surface area contributed by atoms with Crippen LogP contribution < -0.4 is 29.6 Å². The Labute approximate surface area is 210 Å². The van der Waals surface area contributed by atoms with Gasteiger partial charge in [0.2, 0.25) is 0 Å². The maximum Gasteiger partial charge on any atom is 1.00 e. The van der Waals surface area contributed by atoms with Crippen molar-refractivity contribution < 1.29 is 47.6 Å². The van der Waals surface area contributed by atoms with Gasteiger partial charge in [0.25, 0.3) is 0 Å². The normalized spacial score (nSPS) is 13.7. The summed E-state index contributed by atoms with van der Waals surface area (Å²) in [7, 11) is -4.26. The number of aliphatic hydroxyl groups excluding tert-OH is 1. The van der Waals surface area contributed by atoms with Crippen LogP contribution in [0.3, 0.4) is 0 Å². The van der Waals surface area contributed by atoms with E-state index in [1.807, 2.05) is 0 Å². The molecule has 0 fully saturated rings. The monoisotopic (exact) mass is 456 g/mol. The molecule has 0 aliphatic rings. The van der Waals surface area contributed by atoms with E-state index in [2.05, 4.69) is 13.8 Å². The molecule has 0 saturated heterocycles. The topological polar surface area (TPSA) is 77.4 Å². The molecule has 30 heavy (non-hydrogen) atoms. The molecule has 0 radical (unpaired) electrons. The second-order valence-corrected chi connectivity index (χ2v) is 10.5. The Morgan fingerprint density at radius 1 is 0.600 bits per heavy atom. The molecule has 6 heteroatoms. The summed E-state index contributed by atoms with van der Waals surface area (Å²) in [6, 6.07) is 0. The van der Waals surface area contributed by atoms with Crippen LogP contribution in [0.4, 0.5) is 0 Å². The van der Waals surface area contributed by atoms with E-state index in [4.69, 9.17) is 0 Å². The van der Waals surface area contributed by atoms with Crippen molar-refractivity contribution in [1.82, 2.24) is 0 Å². The molecular weight excluding hydrogens is 407 g/mol. The number of aliphatic hydroxyl groups is 1. The average Bonchev–Trinajstić information content (AvgIpc) is 2.67. The van der Waals surface area contributed by atoms with Gasteiger partial charge in [-0.15, -0.1) is 0 Å². The summed E-state index contributed by atoms with van der Waals surface area (Å²) in [5, 5.41) is 9.34. The first-order valence-corrected chi connectivity index (χ1v) is 14.0. The van der Waals surface area contributed by atoms with E-state index in [1.54, 1.807) is 0 Å². The van der Waals surface area contributed by atoms with Crippen LogP contribution in [0.5, 0.6) is 0 Å². The molecule has 2 unspecified atom stereocenters. The predicted molar refractivity (Wildman–Crippen MR) is 123 cm³/mol. The van der Waals surface area contributed by atoms with Crippen molar-refractivity contribution in [3.8, 4) is 0 Å². The van der Waals surface area contributed by atoms with Gasteiger partial charge < -0.3 is 9.66 Å². The third kappa shape index (κ3) is 22.1. The molecule has 0 saturated carbocycles. The van der Waals surface area contributed by atoms with Gasteiger partial charge in [-0.05, 0) is 25.7 Å². The fourth-order valence-corrected chi connectivity index (χ4v) is 4.86. The minimum Gasteiger partial charge on any atom is -0.748 e. The number of hydrogen-bond donors (Lipinski definition) is 1. The van der Waals surface area contributed by atoms with Crippen molar-refractivity contribution in [2.75, 3.05) is 0 Å². The molecule has 0 heterocycles. The van der Waals surface area contributed by atoms with Crippen molar-refractivity contribution in [3.05, 3.63) is 0 Å². The van der Waals surface area contributed by atoms with Crippen LogP contribution in [-0.4, -0.2) is 29.4 Å². The summed E-state index contributed by atoms with van der Waals surface area (Å²) in [5.74, 6) is 0. The third-order valence-electron chi connectivity index (χ3n) is 6.00. The zero-order valence-electron chi connectivity index (χ0n) is 20.4. The summed E-state index contributed by atoms with van der Waals surface area (Å²) in [5.41, 5.74) is 0. The first-order valence-electron chi connectivity index (χ1n) is 12.5. The Kier molecular flexibility index (Phi) is 25.4. The molecule has 0 bridgehead atoms. The Hall–Kier alpha value is 0.870. The van der Waals surface area contributed by atoms with Gasteiger partial charge in [-0.2, -0.15) is 0 Å². The predicted octanol–water partition coefficient (Wildman–Crippen LogP) is 4.11. The molecule has 0 spiro atoms. The molecule has 4 nitrogen and oxygen atoms in total. The standard InChI is InChI=1S/C24H50O4S.Na/c1-3-5-7-9-11-12-13-14-15-17-19-23(25)21-22-24(29(26,27)28)20-18-16-10-8-6-4-2;/h23-25H,3-22H2,1-2H3,(H,26,27,28);/q;+1/p-1. The van der Waals surface area contributed by atoms with Crippen LogP contribution in [0, 0.1) is 0 Å². The number of unbranched alkanes of at least 4 members (excludes halogenated alkanes) is 14. The quantitative estimate of drug-likeness (QED) is 0.151. The minimum atomic E-state index is -4.26. The second kappa shape index (κ2) is 23.0. The Morgan fingerprint density at radius 3 is 1.37 bits per heavy atom. The molecule has 0 aliphatic carbocycles. The maximum absolute atomic E-state index is 11.5. The van der Waals surface area contributed by atoms with E-state index < -0.39 is 21.5 Å². The van der Waals surface area contributed by atoms with E-state index in [-0.39, 0.29) is 29.6 Å². The molecule has 0 aliphatic heterocycles. The van der Waals surface area contributed by atoms with Gasteiger partial charge >= 0.3 is 29.6 Å². The summed E-state index contributed by atoms with van der Waals surface area (Å²) >= 11 is 0. The van der Waals surface area contributed by atoms with Crippen molar-refractivity contribution in [3.63, 3.8) is 0 Å². The molecule has 176 valence electrons. The SMILES string of the molecule is CCCCCCCCCCCCC(O)CCC(CCCCCCCC)S(=O)(=O)[O-].[Na+]. The average molecular weight is 457 g/mol. The maximum atomic E-state index is 11.5. The fraction of sp³-hybridized carbons (Fsp3) is 1.00. The van der Waals surface area contributed by atoms with E-state index in [9.17, 15) is 18.1 Å². The van der Waals surface area contributed by atoms with Crippen LogP contribution in [-0.2, 0) is 10.1 Å². The van der Waals surface area contributed by atoms with Gasteiger partial charge in [-0.25, -0.2) is 8.42 Å². The van der Waals surface area contributed by atoms with E-state index in [1.165, 1.54) is 70.6 Å². The zero-order chi connectivity index (χ0) is 21.8. The molecule has 0 amide bonds. The Morgan fingerprint density at radius 2 is 0.967 bits per heavy atom. The first kappa shape index (κ1) is 33.0. The van der Waals surface area contributed by atoms with Crippen LogP contribution in [0.25, 0.3) is 0 Å². The molecule has 0 aromatic heterocycles. The second-order valence-electron chi connectivity index (χ2n) is 8.87. The smallest absolute Gasteiger partial charge is 0.748 e. The fourth-order valence-electron chi connectivity index (χ4n) is 3.98. The van der Waals surface area contributed by atoms with Crippen molar-refractivity contribution in [1.29, 1.82) is 0 Å². The minimum absolute atomic E-state index is 0. The molecule has 2 atom stereocenters. The summed E-state index contributed by atoms with van der Waals surface area (Å²) in [6.45, 7) is 4.41. The summed E-state index contributed by atoms with van der Waals surface area (Å²) in [6.07, 6.45) is 20.6. The van der Waals surface area contributed by atoms with Crippen LogP contribution in [0.1, 0.15) is 142 Å². The molecule has 0 rings (SSSR count). The number of rotatable bonds is 22. The molecule has 0 aromatic carbocycles. The molecular formula is C24H49NaO4S. The van der Waals surface area contributed by atoms with Gasteiger partial charge in [-0.1, -0.05) is 117 Å². The Balaban J connectivity index is 0. The van der Waals surface area contributed by atoms with E-state index in [0.717, 1.165) is 38.5 Å². The summed E-state index contributed by atoms with van der Waals surface area (Å²) in [4.78, 5) is 0. The van der Waals surface area contributed by atoms with Gasteiger partial charge in [0, 0.05) is 5.25 Å². The van der Waals surface area contributed by atoms with E-state index in [0.29, 0.717) is 19.3 Å². The van der Waals surface area contributed by atoms with Gasteiger partial charge in [-0.3, -0.25) is 0 Å². The van der Waals surface area contributed by atoms with Gasteiger partial charge in [0.15, 0.2) is 0 Å². The Bertz CT molecular complexity index is 442. The summed E-state index contributed by atoms with van der Waals surface area (Å²) < 4.78 is 34.6. The van der Waals surface area contributed by atoms with E-state index >= 15 is 0 Å².